The van der Waals surface area contributed by atoms with E-state index in [2.05, 4.69) is 79.7 Å². The van der Waals surface area contributed by atoms with Gasteiger partial charge in [0.15, 0.2) is 0 Å². The summed E-state index contributed by atoms with van der Waals surface area (Å²) in [4.78, 5) is -0.0666. The van der Waals surface area contributed by atoms with Crippen LogP contribution < -0.4 is 10.6 Å². The van der Waals surface area contributed by atoms with Gasteiger partial charge in [0.25, 0.3) is 10.1 Å². The Morgan fingerprint density at radius 3 is 1.50 bits per heavy atom. The molecule has 0 spiro atoms. The maximum absolute atomic E-state index is 10.5. The van der Waals surface area contributed by atoms with Gasteiger partial charge in [-0.05, 0) is 63.8 Å². The van der Waals surface area contributed by atoms with E-state index < -0.39 is 18.0 Å². The quantitative estimate of drug-likeness (QED) is 0.193. The van der Waals surface area contributed by atoms with Gasteiger partial charge in [0.05, 0.1) is 17.8 Å². The van der Waals surface area contributed by atoms with E-state index in [1.807, 2.05) is 32.2 Å². The lowest BCUT2D eigenvalue weighted by molar-refractivity contribution is 0.274. The van der Waals surface area contributed by atoms with Gasteiger partial charge in [0, 0.05) is 11.7 Å². The van der Waals surface area contributed by atoms with Gasteiger partial charge in [-0.1, -0.05) is 121 Å². The molecule has 0 heterocycles. The smallest absolute Gasteiger partial charge is 0.294 e. The lowest BCUT2D eigenvalue weighted by atomic mass is 10.2. The number of ether oxygens (including phenoxy) is 1. The third kappa shape index (κ3) is 10.1. The van der Waals surface area contributed by atoms with Crippen molar-refractivity contribution >= 4 is 28.6 Å². The van der Waals surface area contributed by atoms with Crippen molar-refractivity contribution in [1.82, 2.24) is 0 Å². The zero-order valence-electron chi connectivity index (χ0n) is 23.5. The fourth-order valence-electron chi connectivity index (χ4n) is 4.35. The molecule has 6 heteroatoms. The van der Waals surface area contributed by atoms with E-state index in [0.29, 0.717) is 0 Å². The molecule has 0 aromatic heterocycles. The Morgan fingerprint density at radius 1 is 0.625 bits per heavy atom. The van der Waals surface area contributed by atoms with Gasteiger partial charge in [-0.25, -0.2) is 0 Å². The van der Waals surface area contributed by atoms with Crippen LogP contribution in [0, 0.1) is 13.8 Å². The van der Waals surface area contributed by atoms with Gasteiger partial charge in [-0.2, -0.15) is 8.42 Å². The van der Waals surface area contributed by atoms with Crippen LogP contribution in [-0.2, 0) is 14.9 Å². The second kappa shape index (κ2) is 16.1. The van der Waals surface area contributed by atoms with Crippen molar-refractivity contribution < 1.29 is 17.7 Å². The van der Waals surface area contributed by atoms with E-state index >= 15 is 0 Å². The van der Waals surface area contributed by atoms with E-state index in [-0.39, 0.29) is 4.90 Å². The molecule has 0 fully saturated rings. The monoisotopic (exact) mass is 574 g/mol. The molecule has 0 aliphatic heterocycles. The number of benzene rings is 4. The molecule has 210 valence electrons. The number of methoxy groups -OCH3 is 1. The summed E-state index contributed by atoms with van der Waals surface area (Å²) in [6.45, 7) is 3.92. The van der Waals surface area contributed by atoms with Crippen LogP contribution in [0.3, 0.4) is 0 Å². The highest BCUT2D eigenvalue weighted by Crippen LogP contribution is 2.49. The molecule has 1 aliphatic rings. The minimum absolute atomic E-state index is 0.0666. The molecule has 5 rings (SSSR count). The molecular weight excluding hydrogens is 535 g/mol. The van der Waals surface area contributed by atoms with Crippen molar-refractivity contribution in [2.45, 2.75) is 50.8 Å². The summed E-state index contributed by atoms with van der Waals surface area (Å²) in [6.07, 6.45) is 6.09. The minimum atomic E-state index is -4.02. The summed E-state index contributed by atoms with van der Waals surface area (Å²) < 4.78 is 35.4. The van der Waals surface area contributed by atoms with Crippen LogP contribution in [-0.4, -0.2) is 20.1 Å². The Kier molecular flexibility index (Phi) is 12.6. The Labute approximate surface area is 241 Å². The second-order valence-corrected chi connectivity index (χ2v) is 13.2. The van der Waals surface area contributed by atoms with Gasteiger partial charge in [-0.15, -0.1) is 0 Å². The normalized spacial score (nSPS) is 13.3. The molecule has 4 aromatic rings. The topological polar surface area (TPSA) is 63.6 Å². The van der Waals surface area contributed by atoms with Gasteiger partial charge < -0.3 is 4.74 Å². The molecular formula is C34H39O4PS. The molecule has 4 nitrogen and oxygen atoms in total. The van der Waals surface area contributed by atoms with Crippen molar-refractivity contribution in [3.63, 3.8) is 0 Å². The molecule has 0 bridgehead atoms. The van der Waals surface area contributed by atoms with Crippen LogP contribution in [0.5, 0.6) is 0 Å². The van der Waals surface area contributed by atoms with Gasteiger partial charge >= 0.3 is 0 Å². The van der Waals surface area contributed by atoms with E-state index in [9.17, 15) is 8.42 Å². The van der Waals surface area contributed by atoms with Crippen LogP contribution in [0.4, 0.5) is 0 Å². The summed E-state index contributed by atoms with van der Waals surface area (Å²) in [5.41, 5.74) is 2.28. The first-order chi connectivity index (χ1) is 19.3. The Morgan fingerprint density at radius 2 is 1.07 bits per heavy atom. The molecule has 0 amide bonds. The second-order valence-electron chi connectivity index (χ2n) is 9.58. The highest BCUT2D eigenvalue weighted by Gasteiger charge is 2.23. The summed E-state index contributed by atoms with van der Waals surface area (Å²) >= 11 is 0. The maximum Gasteiger partial charge on any atom is 0.294 e. The average molecular weight is 575 g/mol. The minimum Gasteiger partial charge on any atom is -0.501 e. The predicted octanol–water partition coefficient (Wildman–Crippen LogP) is 8.18. The van der Waals surface area contributed by atoms with E-state index in [4.69, 9.17) is 9.29 Å². The van der Waals surface area contributed by atoms with Crippen molar-refractivity contribution in [3.8, 4) is 0 Å². The maximum atomic E-state index is 10.5. The van der Waals surface area contributed by atoms with Crippen LogP contribution >= 0.6 is 7.92 Å². The highest BCUT2D eigenvalue weighted by molar-refractivity contribution is 7.85. The predicted molar refractivity (Wildman–Crippen MR) is 168 cm³/mol. The summed E-state index contributed by atoms with van der Waals surface area (Å²) in [7, 11) is -2.66. The first-order valence-corrected chi connectivity index (χ1v) is 16.3. The number of rotatable bonds is 5. The first kappa shape index (κ1) is 31.3. The van der Waals surface area contributed by atoms with Crippen LogP contribution in [0.15, 0.2) is 131 Å². The Hall–Kier alpha value is -3.24. The lowest BCUT2D eigenvalue weighted by Gasteiger charge is -2.24. The van der Waals surface area contributed by atoms with E-state index in [1.54, 1.807) is 12.1 Å². The third-order valence-electron chi connectivity index (χ3n) is 6.44. The first-order valence-electron chi connectivity index (χ1n) is 13.5. The fraction of sp³-hybridized carbons (Fsp3) is 0.235. The molecule has 0 saturated heterocycles. The van der Waals surface area contributed by atoms with Crippen LogP contribution in [0.25, 0.3) is 0 Å². The summed E-state index contributed by atoms with van der Waals surface area (Å²) in [6, 6.07) is 38.1. The molecule has 0 atom stereocenters. The number of allylic oxidation sites excluding steroid dienone is 2. The van der Waals surface area contributed by atoms with E-state index in [0.717, 1.165) is 12.0 Å². The average Bonchev–Trinajstić information content (AvgIpc) is 3.21. The SMILES string of the molecule is COC1=C(P(c2ccccc2)c2ccccc2)CCCCC1.Cc1ccc(S(=O)(=O)O)cc1.Cc1ccccc1. The number of hydrogen-bond acceptors (Lipinski definition) is 3. The molecule has 4 aromatic carbocycles. The van der Waals surface area contributed by atoms with Crippen LogP contribution in [0.1, 0.15) is 43.2 Å². The third-order valence-corrected chi connectivity index (χ3v) is 9.95. The summed E-state index contributed by atoms with van der Waals surface area (Å²) in [5, 5.41) is 4.39. The Bertz CT molecular complexity index is 1380. The zero-order valence-corrected chi connectivity index (χ0v) is 25.2. The van der Waals surface area contributed by atoms with Crippen molar-refractivity contribution in [1.29, 1.82) is 0 Å². The molecule has 0 unspecified atom stereocenters. The fourth-order valence-corrected chi connectivity index (χ4v) is 7.53. The molecule has 0 radical (unpaired) electrons. The van der Waals surface area contributed by atoms with Gasteiger partial charge in [-0.3, -0.25) is 4.55 Å². The van der Waals surface area contributed by atoms with E-state index in [1.165, 1.54) is 65.1 Å². The van der Waals surface area contributed by atoms with Gasteiger partial charge in [0.1, 0.15) is 0 Å². The number of aryl methyl sites for hydroxylation is 2. The molecule has 1 aliphatic carbocycles. The summed E-state index contributed by atoms with van der Waals surface area (Å²) in [5.74, 6) is 1.23. The number of hydrogen-bond donors (Lipinski definition) is 1. The molecule has 1 N–H and O–H groups in total. The largest absolute Gasteiger partial charge is 0.501 e. The zero-order chi connectivity index (χ0) is 28.8. The highest BCUT2D eigenvalue weighted by atomic mass is 32.2. The van der Waals surface area contributed by atoms with Gasteiger partial charge in [0.2, 0.25) is 0 Å². The van der Waals surface area contributed by atoms with Crippen molar-refractivity contribution in [2.75, 3.05) is 7.11 Å². The van der Waals surface area contributed by atoms with Crippen molar-refractivity contribution in [2.24, 2.45) is 0 Å². The molecule has 0 saturated carbocycles. The Balaban J connectivity index is 0.000000202. The standard InChI is InChI=1S/C20H23OP.C7H8O3S.C7H8/c1-21-19-15-9-4-10-16-20(19)22(17-11-5-2-6-12-17)18-13-7-3-8-14-18;1-6-2-4-7(5-3-6)11(8,9)10;1-7-5-3-2-4-6-7/h2-3,5-8,11-14H,4,9-10,15-16H2,1H3;2-5H,1H3,(H,8,9,10);2-6H,1H3. The van der Waals surface area contributed by atoms with Crippen molar-refractivity contribution in [3.05, 3.63) is 137 Å². The molecule has 40 heavy (non-hydrogen) atoms. The lowest BCUT2D eigenvalue weighted by Crippen LogP contribution is -2.14. The van der Waals surface area contributed by atoms with Crippen LogP contribution in [0.2, 0.25) is 0 Å².